The quantitative estimate of drug-likeness (QED) is 0.536. The number of benzene rings is 2. The minimum absolute atomic E-state index is 0.0503. The zero-order valence-corrected chi connectivity index (χ0v) is 17.7. The molecule has 1 amide bonds. The van der Waals surface area contributed by atoms with Gasteiger partial charge in [0.05, 0.1) is 6.04 Å². The molecule has 0 aromatic heterocycles. The molecule has 0 radical (unpaired) electrons. The average Bonchev–Trinajstić information content (AvgIpc) is 2.75. The summed E-state index contributed by atoms with van der Waals surface area (Å²) in [7, 11) is 0. The SMILES string of the molecule is CC(=O)NC(CC(F)N1CCN(Cc2ccc(C)cc2)CC1)C(=O)c1ccccc1. The number of aryl methyl sites for hydroxylation is 1. The molecule has 1 N–H and O–H groups in total. The van der Waals surface area contributed by atoms with Gasteiger partial charge in [-0.3, -0.25) is 19.4 Å². The van der Waals surface area contributed by atoms with Gasteiger partial charge in [0.2, 0.25) is 5.91 Å². The Labute approximate surface area is 177 Å². The number of amides is 1. The van der Waals surface area contributed by atoms with Crippen molar-refractivity contribution < 1.29 is 14.0 Å². The van der Waals surface area contributed by atoms with E-state index in [1.54, 1.807) is 29.2 Å². The minimum Gasteiger partial charge on any atom is -0.346 e. The molecule has 3 rings (SSSR count). The van der Waals surface area contributed by atoms with Gasteiger partial charge in [0.15, 0.2) is 12.1 Å². The third kappa shape index (κ3) is 6.21. The van der Waals surface area contributed by atoms with Crippen LogP contribution in [0.15, 0.2) is 54.6 Å². The van der Waals surface area contributed by atoms with Crippen LogP contribution in [0, 0.1) is 6.92 Å². The number of nitrogens with one attached hydrogen (secondary N) is 1. The van der Waals surface area contributed by atoms with Crippen LogP contribution in [0.1, 0.15) is 34.8 Å². The summed E-state index contributed by atoms with van der Waals surface area (Å²) in [5, 5.41) is 2.63. The summed E-state index contributed by atoms with van der Waals surface area (Å²) in [4.78, 5) is 28.4. The van der Waals surface area contributed by atoms with Gasteiger partial charge in [-0.1, -0.05) is 60.2 Å². The Morgan fingerprint density at radius 1 is 1.00 bits per heavy atom. The van der Waals surface area contributed by atoms with Crippen molar-refractivity contribution in [3.8, 4) is 0 Å². The molecule has 1 aliphatic rings. The van der Waals surface area contributed by atoms with Crippen molar-refractivity contribution in [1.29, 1.82) is 0 Å². The molecule has 2 atom stereocenters. The highest BCUT2D eigenvalue weighted by Crippen LogP contribution is 2.17. The average molecular weight is 412 g/mol. The Kier molecular flexibility index (Phi) is 7.71. The monoisotopic (exact) mass is 411 g/mol. The fourth-order valence-corrected chi connectivity index (χ4v) is 3.78. The number of piperazine rings is 1. The first-order chi connectivity index (χ1) is 14.4. The highest BCUT2D eigenvalue weighted by atomic mass is 19.1. The summed E-state index contributed by atoms with van der Waals surface area (Å²) in [6.07, 6.45) is -1.33. The molecule has 1 fully saturated rings. The van der Waals surface area contributed by atoms with Crippen molar-refractivity contribution >= 4 is 11.7 Å². The van der Waals surface area contributed by atoms with Crippen molar-refractivity contribution in [2.45, 2.75) is 39.2 Å². The van der Waals surface area contributed by atoms with Gasteiger partial charge in [0.25, 0.3) is 0 Å². The lowest BCUT2D eigenvalue weighted by molar-refractivity contribution is -0.119. The molecule has 0 bridgehead atoms. The van der Waals surface area contributed by atoms with Gasteiger partial charge >= 0.3 is 0 Å². The Morgan fingerprint density at radius 2 is 1.63 bits per heavy atom. The summed E-state index contributed by atoms with van der Waals surface area (Å²) in [6, 6.07) is 16.3. The van der Waals surface area contributed by atoms with Crippen LogP contribution < -0.4 is 5.32 Å². The van der Waals surface area contributed by atoms with E-state index in [9.17, 15) is 9.59 Å². The number of nitrogens with zero attached hydrogens (tertiary/aromatic N) is 2. The minimum atomic E-state index is -1.28. The van der Waals surface area contributed by atoms with Gasteiger partial charge in [0.1, 0.15) is 0 Å². The number of Topliss-reactive ketones (excluding diaryl/α,β-unsaturated/α-hetero) is 1. The summed E-state index contributed by atoms with van der Waals surface area (Å²) in [5.74, 6) is -0.592. The number of carbonyl (C=O) groups is 2. The number of halogens is 1. The second kappa shape index (κ2) is 10.5. The number of rotatable bonds is 8. The summed E-state index contributed by atoms with van der Waals surface area (Å²) in [6.45, 7) is 7.01. The Bertz CT molecular complexity index is 833. The summed E-state index contributed by atoms with van der Waals surface area (Å²) in [5.41, 5.74) is 2.97. The van der Waals surface area contributed by atoms with Gasteiger partial charge in [0, 0.05) is 51.6 Å². The molecular formula is C24H30FN3O2. The van der Waals surface area contributed by atoms with Crippen LogP contribution in [0.3, 0.4) is 0 Å². The van der Waals surface area contributed by atoms with Crippen molar-refractivity contribution in [1.82, 2.24) is 15.1 Å². The van der Waals surface area contributed by atoms with E-state index in [4.69, 9.17) is 0 Å². The van der Waals surface area contributed by atoms with E-state index in [1.807, 2.05) is 6.07 Å². The summed E-state index contributed by atoms with van der Waals surface area (Å²) < 4.78 is 15.1. The second-order valence-electron chi connectivity index (χ2n) is 7.95. The lowest BCUT2D eigenvalue weighted by Gasteiger charge is -2.37. The van der Waals surface area contributed by atoms with Crippen LogP contribution in [-0.2, 0) is 11.3 Å². The predicted molar refractivity (Wildman–Crippen MR) is 116 cm³/mol. The highest BCUT2D eigenvalue weighted by Gasteiger charge is 2.30. The zero-order valence-electron chi connectivity index (χ0n) is 17.7. The third-order valence-corrected chi connectivity index (χ3v) is 5.51. The smallest absolute Gasteiger partial charge is 0.217 e. The fourth-order valence-electron chi connectivity index (χ4n) is 3.78. The Hall–Kier alpha value is -2.57. The van der Waals surface area contributed by atoms with Gasteiger partial charge in [-0.2, -0.15) is 0 Å². The first kappa shape index (κ1) is 22.1. The van der Waals surface area contributed by atoms with Gasteiger partial charge < -0.3 is 5.32 Å². The molecule has 2 unspecified atom stereocenters. The maximum Gasteiger partial charge on any atom is 0.217 e. The van der Waals surface area contributed by atoms with Crippen LogP contribution in [0.5, 0.6) is 0 Å². The zero-order chi connectivity index (χ0) is 21.5. The molecule has 30 heavy (non-hydrogen) atoms. The molecule has 0 aliphatic carbocycles. The standard InChI is InChI=1S/C24H30FN3O2/c1-18-8-10-20(11-9-18)17-27-12-14-28(15-13-27)23(25)16-22(26-19(2)29)24(30)21-6-4-3-5-7-21/h3-11,22-23H,12-17H2,1-2H3,(H,26,29). The van der Waals surface area contributed by atoms with Crippen LogP contribution in [0.25, 0.3) is 0 Å². The number of ketones is 1. The molecule has 0 spiro atoms. The molecule has 6 heteroatoms. The first-order valence-electron chi connectivity index (χ1n) is 10.4. The second-order valence-corrected chi connectivity index (χ2v) is 7.95. The fraction of sp³-hybridized carbons (Fsp3) is 0.417. The Morgan fingerprint density at radius 3 is 2.23 bits per heavy atom. The molecule has 2 aromatic carbocycles. The number of alkyl halides is 1. The molecular weight excluding hydrogens is 381 g/mol. The van der Waals surface area contributed by atoms with Crippen molar-refractivity contribution in [3.05, 3.63) is 71.3 Å². The van der Waals surface area contributed by atoms with Crippen LogP contribution in [0.4, 0.5) is 4.39 Å². The molecule has 1 heterocycles. The van der Waals surface area contributed by atoms with Gasteiger partial charge in [-0.15, -0.1) is 0 Å². The lowest BCUT2D eigenvalue weighted by atomic mass is 10.0. The maximum absolute atomic E-state index is 15.1. The van der Waals surface area contributed by atoms with E-state index in [2.05, 4.69) is 41.4 Å². The molecule has 160 valence electrons. The van der Waals surface area contributed by atoms with Crippen molar-refractivity contribution in [2.75, 3.05) is 26.2 Å². The van der Waals surface area contributed by atoms with Crippen molar-refractivity contribution in [3.63, 3.8) is 0 Å². The predicted octanol–water partition coefficient (Wildman–Crippen LogP) is 3.19. The van der Waals surface area contributed by atoms with Gasteiger partial charge in [-0.05, 0) is 12.5 Å². The Balaban J connectivity index is 1.54. The molecule has 5 nitrogen and oxygen atoms in total. The normalized spacial score (nSPS) is 17.3. The molecule has 1 saturated heterocycles. The van der Waals surface area contributed by atoms with Gasteiger partial charge in [-0.25, -0.2) is 4.39 Å². The molecule has 2 aromatic rings. The first-order valence-corrected chi connectivity index (χ1v) is 10.4. The van der Waals surface area contributed by atoms with Crippen LogP contribution in [0.2, 0.25) is 0 Å². The van der Waals surface area contributed by atoms with Crippen LogP contribution >= 0.6 is 0 Å². The number of carbonyl (C=O) groups excluding carboxylic acids is 2. The van der Waals surface area contributed by atoms with E-state index in [0.717, 1.165) is 19.6 Å². The van der Waals surface area contributed by atoms with E-state index >= 15 is 4.39 Å². The van der Waals surface area contributed by atoms with E-state index in [0.29, 0.717) is 18.7 Å². The van der Waals surface area contributed by atoms with Crippen molar-refractivity contribution in [2.24, 2.45) is 0 Å². The topological polar surface area (TPSA) is 52.7 Å². The lowest BCUT2D eigenvalue weighted by Crippen LogP contribution is -2.51. The van der Waals surface area contributed by atoms with E-state index in [-0.39, 0.29) is 18.1 Å². The molecule has 0 saturated carbocycles. The van der Waals surface area contributed by atoms with Crippen LogP contribution in [-0.4, -0.2) is 60.0 Å². The third-order valence-electron chi connectivity index (χ3n) is 5.51. The molecule has 1 aliphatic heterocycles. The largest absolute Gasteiger partial charge is 0.346 e. The maximum atomic E-state index is 15.1. The number of hydrogen-bond donors (Lipinski definition) is 1. The highest BCUT2D eigenvalue weighted by molar-refractivity contribution is 6.01. The number of hydrogen-bond acceptors (Lipinski definition) is 4. The van der Waals surface area contributed by atoms with E-state index < -0.39 is 12.3 Å². The van der Waals surface area contributed by atoms with E-state index in [1.165, 1.54) is 18.1 Å². The summed E-state index contributed by atoms with van der Waals surface area (Å²) >= 11 is 0.